The molecule has 1 amide bonds. The second-order valence-corrected chi connectivity index (χ2v) is 5.72. The Bertz CT molecular complexity index is 665. The third kappa shape index (κ3) is 3.39. The molecule has 4 heteroatoms. The molecule has 0 aliphatic carbocycles. The molecular formula is C18H23N3O. The van der Waals surface area contributed by atoms with Crippen molar-refractivity contribution in [2.45, 2.75) is 0 Å². The van der Waals surface area contributed by atoms with Gasteiger partial charge in [-0.2, -0.15) is 0 Å². The van der Waals surface area contributed by atoms with E-state index in [9.17, 15) is 4.79 Å². The lowest BCUT2D eigenvalue weighted by molar-refractivity contribution is 0.0993. The van der Waals surface area contributed by atoms with Crippen molar-refractivity contribution < 1.29 is 4.79 Å². The molecule has 0 aliphatic rings. The normalized spacial score (nSPS) is 10.2. The SMILES string of the molecule is CN(C)c1cccc(C(=O)N(C)c2cccc(N(C)C)c2)c1. The maximum absolute atomic E-state index is 12.7. The molecule has 0 unspecified atom stereocenters. The molecule has 0 fully saturated rings. The fraction of sp³-hybridized carbons (Fsp3) is 0.278. The summed E-state index contributed by atoms with van der Waals surface area (Å²) < 4.78 is 0. The zero-order chi connectivity index (χ0) is 16.3. The summed E-state index contributed by atoms with van der Waals surface area (Å²) >= 11 is 0. The monoisotopic (exact) mass is 297 g/mol. The Kier molecular flexibility index (Phi) is 4.71. The van der Waals surface area contributed by atoms with E-state index in [1.165, 1.54) is 0 Å². The number of carbonyl (C=O) groups excluding carboxylic acids is 1. The van der Waals surface area contributed by atoms with Gasteiger partial charge in [-0.15, -0.1) is 0 Å². The van der Waals surface area contributed by atoms with E-state index in [0.717, 1.165) is 17.1 Å². The molecule has 0 heterocycles. The van der Waals surface area contributed by atoms with Crippen LogP contribution in [-0.4, -0.2) is 41.1 Å². The van der Waals surface area contributed by atoms with Gasteiger partial charge in [0.25, 0.3) is 5.91 Å². The first-order valence-electron chi connectivity index (χ1n) is 7.23. The lowest BCUT2D eigenvalue weighted by atomic mass is 10.1. The van der Waals surface area contributed by atoms with Crippen LogP contribution in [0.1, 0.15) is 10.4 Å². The van der Waals surface area contributed by atoms with Gasteiger partial charge < -0.3 is 14.7 Å². The fourth-order valence-electron chi connectivity index (χ4n) is 2.21. The first kappa shape index (κ1) is 15.9. The molecule has 0 spiro atoms. The smallest absolute Gasteiger partial charge is 0.258 e. The third-order valence-corrected chi connectivity index (χ3v) is 3.65. The number of nitrogens with zero attached hydrogens (tertiary/aromatic N) is 3. The molecule has 0 bridgehead atoms. The van der Waals surface area contributed by atoms with Crippen molar-refractivity contribution in [3.05, 3.63) is 54.1 Å². The molecule has 0 aromatic heterocycles. The number of hydrogen-bond acceptors (Lipinski definition) is 3. The first-order valence-corrected chi connectivity index (χ1v) is 7.23. The predicted octanol–water partition coefficient (Wildman–Crippen LogP) is 3.10. The molecule has 22 heavy (non-hydrogen) atoms. The van der Waals surface area contributed by atoms with Gasteiger partial charge in [-0.1, -0.05) is 12.1 Å². The zero-order valence-electron chi connectivity index (χ0n) is 13.9. The number of hydrogen-bond donors (Lipinski definition) is 0. The summed E-state index contributed by atoms with van der Waals surface area (Å²) in [4.78, 5) is 18.4. The molecule has 0 atom stereocenters. The van der Waals surface area contributed by atoms with E-state index >= 15 is 0 Å². The summed E-state index contributed by atoms with van der Waals surface area (Å²) in [6.45, 7) is 0. The van der Waals surface area contributed by atoms with Gasteiger partial charge in [-0.3, -0.25) is 4.79 Å². The molecule has 0 saturated carbocycles. The van der Waals surface area contributed by atoms with Crippen molar-refractivity contribution >= 4 is 23.0 Å². The molecule has 4 nitrogen and oxygen atoms in total. The van der Waals surface area contributed by atoms with E-state index < -0.39 is 0 Å². The van der Waals surface area contributed by atoms with E-state index in [4.69, 9.17) is 0 Å². The van der Waals surface area contributed by atoms with E-state index in [-0.39, 0.29) is 5.91 Å². The lowest BCUT2D eigenvalue weighted by Gasteiger charge is -2.21. The van der Waals surface area contributed by atoms with Crippen molar-refractivity contribution in [1.82, 2.24) is 0 Å². The van der Waals surface area contributed by atoms with Gasteiger partial charge in [0, 0.05) is 57.9 Å². The Balaban J connectivity index is 2.29. The number of carbonyl (C=O) groups is 1. The van der Waals surface area contributed by atoms with E-state index in [1.807, 2.05) is 86.5 Å². The average Bonchev–Trinajstić information content (AvgIpc) is 2.53. The minimum atomic E-state index is -0.0143. The van der Waals surface area contributed by atoms with E-state index in [2.05, 4.69) is 0 Å². The van der Waals surface area contributed by atoms with Crippen molar-refractivity contribution in [2.75, 3.05) is 49.9 Å². The summed E-state index contributed by atoms with van der Waals surface area (Å²) in [5, 5.41) is 0. The maximum Gasteiger partial charge on any atom is 0.258 e. The third-order valence-electron chi connectivity index (χ3n) is 3.65. The van der Waals surface area contributed by atoms with Gasteiger partial charge in [-0.05, 0) is 36.4 Å². The Morgan fingerprint density at radius 2 is 1.23 bits per heavy atom. The van der Waals surface area contributed by atoms with Crippen LogP contribution in [-0.2, 0) is 0 Å². The van der Waals surface area contributed by atoms with Gasteiger partial charge in [0.2, 0.25) is 0 Å². The second-order valence-electron chi connectivity index (χ2n) is 5.72. The minimum Gasteiger partial charge on any atom is -0.378 e. The molecular weight excluding hydrogens is 274 g/mol. The van der Waals surface area contributed by atoms with Crippen LogP contribution in [0.4, 0.5) is 17.1 Å². The summed E-state index contributed by atoms with van der Waals surface area (Å²) in [7, 11) is 9.71. The van der Waals surface area contributed by atoms with Gasteiger partial charge in [0.1, 0.15) is 0 Å². The van der Waals surface area contributed by atoms with Crippen molar-refractivity contribution in [3.8, 4) is 0 Å². The van der Waals surface area contributed by atoms with Crippen molar-refractivity contribution in [3.63, 3.8) is 0 Å². The largest absolute Gasteiger partial charge is 0.378 e. The van der Waals surface area contributed by atoms with Crippen molar-refractivity contribution in [1.29, 1.82) is 0 Å². The Morgan fingerprint density at radius 3 is 1.82 bits per heavy atom. The van der Waals surface area contributed by atoms with Crippen LogP contribution in [0.25, 0.3) is 0 Å². The van der Waals surface area contributed by atoms with Crippen LogP contribution in [0.2, 0.25) is 0 Å². The van der Waals surface area contributed by atoms with Crippen LogP contribution >= 0.6 is 0 Å². The number of rotatable bonds is 4. The molecule has 0 N–H and O–H groups in total. The van der Waals surface area contributed by atoms with Gasteiger partial charge in [0.05, 0.1) is 0 Å². The number of benzene rings is 2. The molecule has 0 saturated heterocycles. The highest BCUT2D eigenvalue weighted by Crippen LogP contribution is 2.22. The van der Waals surface area contributed by atoms with Crippen LogP contribution in [0.15, 0.2) is 48.5 Å². The fourth-order valence-corrected chi connectivity index (χ4v) is 2.21. The number of anilines is 3. The molecule has 0 aliphatic heterocycles. The topological polar surface area (TPSA) is 26.8 Å². The minimum absolute atomic E-state index is 0.0143. The zero-order valence-corrected chi connectivity index (χ0v) is 13.9. The Hall–Kier alpha value is -2.49. The van der Waals surface area contributed by atoms with Crippen molar-refractivity contribution in [2.24, 2.45) is 0 Å². The number of amides is 1. The summed E-state index contributed by atoms with van der Waals surface area (Å²) in [6, 6.07) is 15.6. The lowest BCUT2D eigenvalue weighted by Crippen LogP contribution is -2.26. The van der Waals surface area contributed by atoms with E-state index in [1.54, 1.807) is 11.9 Å². The van der Waals surface area contributed by atoms with Gasteiger partial charge in [-0.25, -0.2) is 0 Å². The van der Waals surface area contributed by atoms with Crippen LogP contribution in [0.3, 0.4) is 0 Å². The summed E-state index contributed by atoms with van der Waals surface area (Å²) in [6.07, 6.45) is 0. The van der Waals surface area contributed by atoms with Gasteiger partial charge in [0.15, 0.2) is 0 Å². The maximum atomic E-state index is 12.7. The van der Waals surface area contributed by atoms with Crippen LogP contribution in [0.5, 0.6) is 0 Å². The summed E-state index contributed by atoms with van der Waals surface area (Å²) in [5.41, 5.74) is 3.65. The standard InChI is InChI=1S/C18H23N3O/c1-19(2)15-9-6-8-14(12-15)18(22)21(5)17-11-7-10-16(13-17)20(3)4/h6-13H,1-5H3. The molecule has 2 aromatic carbocycles. The van der Waals surface area contributed by atoms with Crippen LogP contribution in [0, 0.1) is 0 Å². The quantitative estimate of drug-likeness (QED) is 0.867. The highest BCUT2D eigenvalue weighted by atomic mass is 16.2. The molecule has 2 aromatic rings. The second kappa shape index (κ2) is 6.52. The van der Waals surface area contributed by atoms with E-state index in [0.29, 0.717) is 5.56 Å². The Morgan fingerprint density at radius 1 is 0.727 bits per heavy atom. The predicted molar refractivity (Wildman–Crippen MR) is 94.3 cm³/mol. The highest BCUT2D eigenvalue weighted by Gasteiger charge is 2.14. The van der Waals surface area contributed by atoms with Crippen LogP contribution < -0.4 is 14.7 Å². The first-order chi connectivity index (χ1) is 10.4. The van der Waals surface area contributed by atoms with Gasteiger partial charge >= 0.3 is 0 Å². The Labute approximate surface area is 132 Å². The highest BCUT2D eigenvalue weighted by molar-refractivity contribution is 6.06. The average molecular weight is 297 g/mol. The molecule has 0 radical (unpaired) electrons. The molecule has 2 rings (SSSR count). The summed E-state index contributed by atoms with van der Waals surface area (Å²) in [5.74, 6) is -0.0143. The molecule has 116 valence electrons.